The van der Waals surface area contributed by atoms with Gasteiger partial charge in [-0.15, -0.1) is 0 Å². The van der Waals surface area contributed by atoms with Crippen LogP contribution < -0.4 is 11.2 Å². The number of halogens is 1. The van der Waals surface area contributed by atoms with Crippen LogP contribution in [-0.4, -0.2) is 0 Å². The lowest BCUT2D eigenvalue weighted by Crippen LogP contribution is -2.05. The number of nitrogens with two attached hydrogens (primary N) is 1. The molecule has 3 nitrogen and oxygen atoms in total. The van der Waals surface area contributed by atoms with Crippen LogP contribution >= 0.6 is 15.9 Å². The third-order valence-corrected chi connectivity index (χ3v) is 2.58. The summed E-state index contributed by atoms with van der Waals surface area (Å²) < 4.78 is 6.22. The van der Waals surface area contributed by atoms with E-state index in [9.17, 15) is 4.79 Å². The minimum atomic E-state index is -0.0620. The predicted octanol–water partition coefficient (Wildman–Crippen LogP) is 3.04. The van der Waals surface area contributed by atoms with Crippen molar-refractivity contribution in [2.24, 2.45) is 5.73 Å². The molecule has 86 valence electrons. The van der Waals surface area contributed by atoms with Crippen molar-refractivity contribution in [3.05, 3.63) is 44.7 Å². The average Bonchev–Trinajstić information content (AvgIpc) is 2.33. The lowest BCUT2D eigenvalue weighted by Gasteiger charge is -2.01. The predicted molar refractivity (Wildman–Crippen MR) is 69.4 cm³/mol. The highest BCUT2D eigenvalue weighted by molar-refractivity contribution is 9.10. The van der Waals surface area contributed by atoms with Crippen molar-refractivity contribution in [3.8, 4) is 0 Å². The number of rotatable bonds is 1. The van der Waals surface area contributed by atoms with Crippen LogP contribution in [0.5, 0.6) is 0 Å². The highest BCUT2D eigenvalue weighted by Crippen LogP contribution is 2.22. The standard InChI is InChI=1S/C10H8BrNO2.C2H6/c11-8-3-1-2-7-9(13)4-6(5-12)14-10(7)8;1-2/h1-4H,5,12H2;1-2H3. The minimum absolute atomic E-state index is 0.0620. The van der Waals surface area contributed by atoms with Crippen LogP contribution in [0.15, 0.2) is 37.9 Å². The van der Waals surface area contributed by atoms with Gasteiger partial charge in [0.2, 0.25) is 0 Å². The Bertz CT molecular complexity index is 534. The van der Waals surface area contributed by atoms with Gasteiger partial charge in [0.15, 0.2) is 11.0 Å². The zero-order valence-electron chi connectivity index (χ0n) is 9.29. The fourth-order valence-corrected chi connectivity index (χ4v) is 1.74. The molecule has 0 bridgehead atoms. The monoisotopic (exact) mass is 283 g/mol. The minimum Gasteiger partial charge on any atom is -0.458 e. The smallest absolute Gasteiger partial charge is 0.193 e. The first-order valence-electron chi connectivity index (χ1n) is 5.13. The molecule has 0 saturated carbocycles. The van der Waals surface area contributed by atoms with Gasteiger partial charge in [0.1, 0.15) is 5.76 Å². The fourth-order valence-electron chi connectivity index (χ4n) is 1.29. The molecular weight excluding hydrogens is 270 g/mol. The van der Waals surface area contributed by atoms with E-state index in [1.54, 1.807) is 12.1 Å². The first-order chi connectivity index (χ1) is 7.72. The molecule has 0 radical (unpaired) electrons. The maximum Gasteiger partial charge on any atom is 0.193 e. The Morgan fingerprint density at radius 3 is 2.69 bits per heavy atom. The second-order valence-corrected chi connectivity index (χ2v) is 3.75. The largest absolute Gasteiger partial charge is 0.458 e. The summed E-state index contributed by atoms with van der Waals surface area (Å²) in [7, 11) is 0. The quantitative estimate of drug-likeness (QED) is 0.875. The van der Waals surface area contributed by atoms with Crippen LogP contribution in [0.1, 0.15) is 19.6 Å². The molecule has 2 aromatic rings. The van der Waals surface area contributed by atoms with Crippen molar-refractivity contribution in [2.45, 2.75) is 20.4 Å². The second-order valence-electron chi connectivity index (χ2n) is 2.90. The van der Waals surface area contributed by atoms with Gasteiger partial charge in [0.05, 0.1) is 16.4 Å². The summed E-state index contributed by atoms with van der Waals surface area (Å²) in [5.74, 6) is 0.495. The topological polar surface area (TPSA) is 56.2 Å². The molecule has 1 aromatic heterocycles. The molecule has 4 heteroatoms. The van der Waals surface area contributed by atoms with Crippen molar-refractivity contribution in [2.75, 3.05) is 0 Å². The van der Waals surface area contributed by atoms with Crippen molar-refractivity contribution < 1.29 is 4.42 Å². The zero-order chi connectivity index (χ0) is 12.1. The van der Waals surface area contributed by atoms with Crippen LogP contribution in [0.3, 0.4) is 0 Å². The SMILES string of the molecule is CC.NCc1cc(=O)c2cccc(Br)c2o1. The summed E-state index contributed by atoms with van der Waals surface area (Å²) >= 11 is 3.32. The Labute approximate surface area is 102 Å². The molecule has 0 aliphatic heterocycles. The summed E-state index contributed by atoms with van der Waals surface area (Å²) in [5.41, 5.74) is 5.91. The number of hydrogen-bond donors (Lipinski definition) is 1. The van der Waals surface area contributed by atoms with Gasteiger partial charge < -0.3 is 10.2 Å². The van der Waals surface area contributed by atoms with Crippen molar-refractivity contribution in [3.63, 3.8) is 0 Å². The van der Waals surface area contributed by atoms with Crippen molar-refractivity contribution in [1.29, 1.82) is 0 Å². The first kappa shape index (κ1) is 12.9. The molecule has 0 aliphatic rings. The van der Waals surface area contributed by atoms with E-state index in [0.717, 1.165) is 4.47 Å². The van der Waals surface area contributed by atoms with E-state index in [1.165, 1.54) is 6.07 Å². The van der Waals surface area contributed by atoms with Gasteiger partial charge in [0.25, 0.3) is 0 Å². The van der Waals surface area contributed by atoms with Crippen LogP contribution in [0, 0.1) is 0 Å². The maximum absolute atomic E-state index is 11.6. The van der Waals surface area contributed by atoms with Gasteiger partial charge in [-0.2, -0.15) is 0 Å². The number of hydrogen-bond acceptors (Lipinski definition) is 3. The van der Waals surface area contributed by atoms with Gasteiger partial charge in [-0.25, -0.2) is 0 Å². The van der Waals surface area contributed by atoms with E-state index < -0.39 is 0 Å². The van der Waals surface area contributed by atoms with Gasteiger partial charge in [-0.3, -0.25) is 4.79 Å². The fraction of sp³-hybridized carbons (Fsp3) is 0.250. The van der Waals surface area contributed by atoms with Crippen LogP contribution in [-0.2, 0) is 6.54 Å². The molecule has 2 N–H and O–H groups in total. The summed E-state index contributed by atoms with van der Waals surface area (Å²) in [6, 6.07) is 6.78. The Balaban J connectivity index is 0.000000606. The summed E-state index contributed by atoms with van der Waals surface area (Å²) in [5, 5.41) is 0.566. The first-order valence-corrected chi connectivity index (χ1v) is 5.93. The van der Waals surface area contributed by atoms with Crippen LogP contribution in [0.25, 0.3) is 11.0 Å². The molecule has 0 fully saturated rings. The third-order valence-electron chi connectivity index (χ3n) is 1.96. The van der Waals surface area contributed by atoms with E-state index in [0.29, 0.717) is 16.7 Å². The van der Waals surface area contributed by atoms with Crippen molar-refractivity contribution >= 4 is 26.9 Å². The summed E-state index contributed by atoms with van der Waals surface area (Å²) in [6.45, 7) is 4.23. The van der Waals surface area contributed by atoms with Gasteiger partial charge >= 0.3 is 0 Å². The molecule has 0 saturated heterocycles. The third kappa shape index (κ3) is 2.51. The molecule has 0 atom stereocenters. The highest BCUT2D eigenvalue weighted by Gasteiger charge is 2.05. The van der Waals surface area contributed by atoms with E-state index in [1.807, 2.05) is 19.9 Å². The van der Waals surface area contributed by atoms with Gasteiger partial charge in [0, 0.05) is 6.07 Å². The van der Waals surface area contributed by atoms with E-state index in [-0.39, 0.29) is 12.0 Å². The van der Waals surface area contributed by atoms with Crippen LogP contribution in [0.2, 0.25) is 0 Å². The molecule has 0 unspecified atom stereocenters. The van der Waals surface area contributed by atoms with Gasteiger partial charge in [-0.1, -0.05) is 19.9 Å². The lowest BCUT2D eigenvalue weighted by atomic mass is 10.2. The maximum atomic E-state index is 11.6. The van der Waals surface area contributed by atoms with Crippen LogP contribution in [0.4, 0.5) is 0 Å². The van der Waals surface area contributed by atoms with E-state index in [4.69, 9.17) is 10.2 Å². The average molecular weight is 284 g/mol. The van der Waals surface area contributed by atoms with Gasteiger partial charge in [-0.05, 0) is 28.1 Å². The summed E-state index contributed by atoms with van der Waals surface area (Å²) in [4.78, 5) is 11.6. The zero-order valence-corrected chi connectivity index (χ0v) is 10.9. The molecule has 0 spiro atoms. The molecule has 2 rings (SSSR count). The molecule has 1 heterocycles. The molecule has 16 heavy (non-hydrogen) atoms. The lowest BCUT2D eigenvalue weighted by molar-refractivity contribution is 0.537. The van der Waals surface area contributed by atoms with Crippen molar-refractivity contribution in [1.82, 2.24) is 0 Å². The Morgan fingerprint density at radius 1 is 1.38 bits per heavy atom. The number of benzene rings is 1. The summed E-state index contributed by atoms with van der Waals surface area (Å²) in [6.07, 6.45) is 0. The molecular formula is C12H14BrNO2. The van der Waals surface area contributed by atoms with E-state index >= 15 is 0 Å². The number of fused-ring (bicyclic) bond motifs is 1. The Kier molecular flexibility index (Phi) is 4.71. The normalized spacial score (nSPS) is 9.75. The highest BCUT2D eigenvalue weighted by atomic mass is 79.9. The molecule has 0 aliphatic carbocycles. The number of para-hydroxylation sites is 1. The molecule has 1 aromatic carbocycles. The van der Waals surface area contributed by atoms with E-state index in [2.05, 4.69) is 15.9 Å². The second kappa shape index (κ2) is 5.82. The Morgan fingerprint density at radius 2 is 2.06 bits per heavy atom. The Hall–Kier alpha value is -1.13. The molecule has 0 amide bonds.